The molecule has 0 bridgehead atoms. The SMILES string of the molecule is CCCC(CCC)C(=O)C(O)CC1(O)C(O)C1(C)C. The van der Waals surface area contributed by atoms with Gasteiger partial charge in [-0.3, -0.25) is 4.79 Å². The van der Waals surface area contributed by atoms with Crippen molar-refractivity contribution in [3.8, 4) is 0 Å². The van der Waals surface area contributed by atoms with Crippen molar-refractivity contribution in [3.63, 3.8) is 0 Å². The van der Waals surface area contributed by atoms with Crippen molar-refractivity contribution in [2.75, 3.05) is 0 Å². The van der Waals surface area contributed by atoms with Gasteiger partial charge in [0.05, 0.1) is 6.10 Å². The van der Waals surface area contributed by atoms with Gasteiger partial charge in [-0.1, -0.05) is 40.5 Å². The Morgan fingerprint density at radius 3 is 1.95 bits per heavy atom. The van der Waals surface area contributed by atoms with Crippen LogP contribution in [0, 0.1) is 11.3 Å². The summed E-state index contributed by atoms with van der Waals surface area (Å²) in [7, 11) is 0. The van der Waals surface area contributed by atoms with Crippen molar-refractivity contribution >= 4 is 5.78 Å². The topological polar surface area (TPSA) is 77.8 Å². The molecule has 112 valence electrons. The average molecular weight is 272 g/mol. The number of hydrogen-bond donors (Lipinski definition) is 3. The molecule has 1 aliphatic carbocycles. The Bertz CT molecular complexity index is 320. The van der Waals surface area contributed by atoms with Crippen LogP contribution in [0.5, 0.6) is 0 Å². The van der Waals surface area contributed by atoms with Crippen LogP contribution in [-0.2, 0) is 4.79 Å². The van der Waals surface area contributed by atoms with E-state index in [-0.39, 0.29) is 18.1 Å². The molecule has 0 spiro atoms. The lowest BCUT2D eigenvalue weighted by molar-refractivity contribution is -0.134. The molecule has 0 heterocycles. The van der Waals surface area contributed by atoms with Crippen molar-refractivity contribution in [2.45, 2.75) is 77.6 Å². The molecule has 3 unspecified atom stereocenters. The fourth-order valence-electron chi connectivity index (χ4n) is 2.97. The number of rotatable bonds is 8. The van der Waals surface area contributed by atoms with Crippen LogP contribution in [0.15, 0.2) is 0 Å². The predicted molar refractivity (Wildman–Crippen MR) is 73.7 cm³/mol. The highest BCUT2D eigenvalue weighted by Crippen LogP contribution is 2.58. The number of carbonyl (C=O) groups excluding carboxylic acids is 1. The van der Waals surface area contributed by atoms with Crippen LogP contribution in [0.2, 0.25) is 0 Å². The van der Waals surface area contributed by atoms with E-state index < -0.39 is 23.2 Å². The highest BCUT2D eigenvalue weighted by molar-refractivity contribution is 5.85. The first kappa shape index (κ1) is 16.6. The Hall–Kier alpha value is -0.450. The molecule has 3 atom stereocenters. The van der Waals surface area contributed by atoms with Crippen molar-refractivity contribution < 1.29 is 20.1 Å². The van der Waals surface area contributed by atoms with E-state index in [1.807, 2.05) is 13.8 Å². The summed E-state index contributed by atoms with van der Waals surface area (Å²) in [5, 5.41) is 30.0. The highest BCUT2D eigenvalue weighted by atomic mass is 16.4. The third kappa shape index (κ3) is 3.01. The smallest absolute Gasteiger partial charge is 0.164 e. The minimum Gasteiger partial charge on any atom is -0.389 e. The zero-order valence-electron chi connectivity index (χ0n) is 12.5. The molecule has 1 rings (SSSR count). The van der Waals surface area contributed by atoms with Gasteiger partial charge in [0.15, 0.2) is 5.78 Å². The lowest BCUT2D eigenvalue weighted by atomic mass is 9.88. The summed E-state index contributed by atoms with van der Waals surface area (Å²) in [6.45, 7) is 7.52. The molecule has 1 aliphatic rings. The molecule has 4 heteroatoms. The van der Waals surface area contributed by atoms with Gasteiger partial charge in [0.1, 0.15) is 11.7 Å². The number of Topliss-reactive ketones (excluding diaryl/α,β-unsaturated/α-hetero) is 1. The number of hydrogen-bond acceptors (Lipinski definition) is 4. The summed E-state index contributed by atoms with van der Waals surface area (Å²) in [5.41, 5.74) is -1.97. The van der Waals surface area contributed by atoms with Crippen molar-refractivity contribution in [3.05, 3.63) is 0 Å². The molecule has 1 saturated carbocycles. The largest absolute Gasteiger partial charge is 0.389 e. The molecule has 0 aromatic rings. The van der Waals surface area contributed by atoms with Crippen LogP contribution in [0.25, 0.3) is 0 Å². The summed E-state index contributed by atoms with van der Waals surface area (Å²) in [6, 6.07) is 0. The predicted octanol–water partition coefficient (Wildman–Crippen LogP) is 1.65. The van der Waals surface area contributed by atoms with Crippen LogP contribution in [-0.4, -0.2) is 38.9 Å². The molecule has 4 nitrogen and oxygen atoms in total. The van der Waals surface area contributed by atoms with E-state index in [9.17, 15) is 20.1 Å². The summed E-state index contributed by atoms with van der Waals surface area (Å²) >= 11 is 0. The van der Waals surface area contributed by atoms with Gasteiger partial charge in [0.2, 0.25) is 0 Å². The van der Waals surface area contributed by atoms with Gasteiger partial charge in [0, 0.05) is 17.8 Å². The van der Waals surface area contributed by atoms with Gasteiger partial charge in [-0.15, -0.1) is 0 Å². The summed E-state index contributed by atoms with van der Waals surface area (Å²) in [5.74, 6) is -0.320. The van der Waals surface area contributed by atoms with Crippen LogP contribution >= 0.6 is 0 Å². The molecular weight excluding hydrogens is 244 g/mol. The first-order chi connectivity index (χ1) is 8.72. The van der Waals surface area contributed by atoms with E-state index in [2.05, 4.69) is 0 Å². The number of aliphatic hydroxyl groups excluding tert-OH is 2. The fraction of sp³-hybridized carbons (Fsp3) is 0.933. The summed E-state index contributed by atoms with van der Waals surface area (Å²) in [6.07, 6.45) is 1.25. The van der Waals surface area contributed by atoms with E-state index in [0.717, 1.165) is 25.7 Å². The van der Waals surface area contributed by atoms with Gasteiger partial charge in [0.25, 0.3) is 0 Å². The minimum atomic E-state index is -1.33. The van der Waals surface area contributed by atoms with Crippen LogP contribution in [0.3, 0.4) is 0 Å². The van der Waals surface area contributed by atoms with E-state index in [1.165, 1.54) is 0 Å². The van der Waals surface area contributed by atoms with Crippen LogP contribution in [0.1, 0.15) is 59.8 Å². The second kappa shape index (κ2) is 5.90. The Labute approximate surface area is 115 Å². The zero-order chi connectivity index (χ0) is 14.8. The molecule has 0 radical (unpaired) electrons. The van der Waals surface area contributed by atoms with Crippen molar-refractivity contribution in [1.29, 1.82) is 0 Å². The Morgan fingerprint density at radius 1 is 1.21 bits per heavy atom. The van der Waals surface area contributed by atoms with E-state index in [4.69, 9.17) is 0 Å². The second-order valence-electron chi connectivity index (χ2n) is 6.45. The summed E-state index contributed by atoms with van der Waals surface area (Å²) < 4.78 is 0. The van der Waals surface area contributed by atoms with E-state index in [1.54, 1.807) is 13.8 Å². The van der Waals surface area contributed by atoms with Crippen molar-refractivity contribution in [1.82, 2.24) is 0 Å². The van der Waals surface area contributed by atoms with E-state index >= 15 is 0 Å². The maximum atomic E-state index is 12.2. The molecule has 19 heavy (non-hydrogen) atoms. The van der Waals surface area contributed by atoms with Crippen molar-refractivity contribution in [2.24, 2.45) is 11.3 Å². The third-order valence-electron chi connectivity index (χ3n) is 4.68. The number of carbonyl (C=O) groups is 1. The van der Waals surface area contributed by atoms with Gasteiger partial charge in [-0.25, -0.2) is 0 Å². The van der Waals surface area contributed by atoms with Gasteiger partial charge in [-0.2, -0.15) is 0 Å². The fourth-order valence-corrected chi connectivity index (χ4v) is 2.97. The van der Waals surface area contributed by atoms with Crippen LogP contribution in [0.4, 0.5) is 0 Å². The average Bonchev–Trinajstić information content (AvgIpc) is 2.71. The van der Waals surface area contributed by atoms with E-state index in [0.29, 0.717) is 0 Å². The molecule has 0 aromatic heterocycles. The van der Waals surface area contributed by atoms with Gasteiger partial charge in [-0.05, 0) is 12.8 Å². The molecule has 0 aliphatic heterocycles. The van der Waals surface area contributed by atoms with Gasteiger partial charge < -0.3 is 15.3 Å². The van der Waals surface area contributed by atoms with Crippen LogP contribution < -0.4 is 0 Å². The molecular formula is C15H28O4. The molecule has 0 aromatic carbocycles. The minimum absolute atomic E-state index is 0.0655. The zero-order valence-corrected chi connectivity index (χ0v) is 12.5. The second-order valence-corrected chi connectivity index (χ2v) is 6.45. The number of ketones is 1. The maximum absolute atomic E-state index is 12.2. The highest BCUT2D eigenvalue weighted by Gasteiger charge is 2.71. The maximum Gasteiger partial charge on any atom is 0.164 e. The molecule has 0 saturated heterocycles. The Morgan fingerprint density at radius 2 is 1.63 bits per heavy atom. The Kier molecular flexibility index (Phi) is 5.15. The standard InChI is InChI=1S/C15H28O4/c1-5-7-10(8-6-2)12(17)11(16)9-15(19)13(18)14(15,3)4/h10-11,13,16,18-19H,5-9H2,1-4H3. The Balaban J connectivity index is 2.62. The molecule has 3 N–H and O–H groups in total. The first-order valence-electron chi connectivity index (χ1n) is 7.34. The summed E-state index contributed by atoms with van der Waals surface area (Å²) in [4.78, 5) is 12.2. The first-order valence-corrected chi connectivity index (χ1v) is 7.34. The lowest BCUT2D eigenvalue weighted by Gasteiger charge is -2.21. The van der Waals surface area contributed by atoms with Gasteiger partial charge >= 0.3 is 0 Å². The number of aliphatic hydroxyl groups is 3. The lowest BCUT2D eigenvalue weighted by Crippen LogP contribution is -2.34. The third-order valence-corrected chi connectivity index (χ3v) is 4.68. The quantitative estimate of drug-likeness (QED) is 0.628. The molecule has 1 fully saturated rings. The molecule has 0 amide bonds. The monoisotopic (exact) mass is 272 g/mol. The normalized spacial score (nSPS) is 30.4.